The standard InChI is InChI=1S/C30H34S4/c1-16(2)22-15-19-26(21-11-13-24(33-21)30(7,8)9)27-18(14-17(3)31-27)25(28(19)34-22)20-10-12-23(32-20)29(4,5)6/h10-16H,1-9H3. The summed E-state index contributed by atoms with van der Waals surface area (Å²) in [4.78, 5) is 8.58. The molecule has 4 aromatic heterocycles. The van der Waals surface area contributed by atoms with E-state index in [0.717, 1.165) is 0 Å². The van der Waals surface area contributed by atoms with Crippen LogP contribution in [0.25, 0.3) is 41.1 Å². The van der Waals surface area contributed by atoms with Crippen LogP contribution in [0.2, 0.25) is 0 Å². The van der Waals surface area contributed by atoms with Gasteiger partial charge in [0.15, 0.2) is 0 Å². The predicted octanol–water partition coefficient (Wildman–Crippen LogP) is 11.6. The van der Waals surface area contributed by atoms with Crippen LogP contribution in [0.15, 0.2) is 36.4 Å². The van der Waals surface area contributed by atoms with Gasteiger partial charge in [0.25, 0.3) is 0 Å². The molecule has 0 aliphatic rings. The predicted molar refractivity (Wildman–Crippen MR) is 160 cm³/mol. The van der Waals surface area contributed by atoms with Gasteiger partial charge in [-0.05, 0) is 60.1 Å². The zero-order chi connectivity index (χ0) is 24.6. The molecular weight excluding hydrogens is 489 g/mol. The average Bonchev–Trinajstić information content (AvgIpc) is 3.48. The van der Waals surface area contributed by atoms with Crippen LogP contribution >= 0.6 is 45.3 Å². The van der Waals surface area contributed by atoms with Crippen LogP contribution in [0, 0.1) is 6.92 Å². The number of aryl methyl sites for hydroxylation is 1. The lowest BCUT2D eigenvalue weighted by atomic mass is 9.94. The van der Waals surface area contributed by atoms with Crippen LogP contribution < -0.4 is 0 Å². The van der Waals surface area contributed by atoms with Gasteiger partial charge in [-0.2, -0.15) is 0 Å². The van der Waals surface area contributed by atoms with Gasteiger partial charge >= 0.3 is 0 Å². The van der Waals surface area contributed by atoms with E-state index in [9.17, 15) is 0 Å². The van der Waals surface area contributed by atoms with E-state index >= 15 is 0 Å². The molecule has 5 rings (SSSR count). The molecule has 0 unspecified atom stereocenters. The van der Waals surface area contributed by atoms with Gasteiger partial charge in [0.2, 0.25) is 0 Å². The maximum atomic E-state index is 2.49. The summed E-state index contributed by atoms with van der Waals surface area (Å²) in [6.07, 6.45) is 0. The second-order valence-electron chi connectivity index (χ2n) is 11.7. The minimum absolute atomic E-state index is 0.171. The summed E-state index contributed by atoms with van der Waals surface area (Å²) in [5.41, 5.74) is 3.24. The lowest BCUT2D eigenvalue weighted by Crippen LogP contribution is -2.07. The maximum Gasteiger partial charge on any atom is 0.0445 e. The van der Waals surface area contributed by atoms with E-state index in [2.05, 4.69) is 98.7 Å². The minimum Gasteiger partial charge on any atom is -0.140 e. The Kier molecular flexibility index (Phi) is 5.92. The smallest absolute Gasteiger partial charge is 0.0445 e. The topological polar surface area (TPSA) is 0 Å². The Hall–Kier alpha value is -1.46. The molecule has 0 amide bonds. The van der Waals surface area contributed by atoms with Gasteiger partial charge in [0, 0.05) is 60.6 Å². The number of hydrogen-bond donors (Lipinski definition) is 0. The van der Waals surface area contributed by atoms with E-state index in [-0.39, 0.29) is 10.8 Å². The first-order valence-electron chi connectivity index (χ1n) is 12.1. The van der Waals surface area contributed by atoms with Crippen molar-refractivity contribution in [1.82, 2.24) is 0 Å². The molecule has 34 heavy (non-hydrogen) atoms. The minimum atomic E-state index is 0.171. The van der Waals surface area contributed by atoms with Gasteiger partial charge in [-0.1, -0.05) is 55.4 Å². The molecule has 0 aliphatic heterocycles. The Morgan fingerprint density at radius 3 is 1.53 bits per heavy atom. The fraction of sp³-hybridized carbons (Fsp3) is 0.400. The maximum absolute atomic E-state index is 2.49. The number of thiophene rings is 4. The van der Waals surface area contributed by atoms with Crippen LogP contribution in [0.1, 0.15) is 80.8 Å². The van der Waals surface area contributed by atoms with Gasteiger partial charge in [-0.3, -0.25) is 0 Å². The number of hydrogen-bond acceptors (Lipinski definition) is 4. The monoisotopic (exact) mass is 522 g/mol. The Morgan fingerprint density at radius 1 is 0.618 bits per heavy atom. The van der Waals surface area contributed by atoms with E-state index < -0.39 is 0 Å². The Bertz CT molecular complexity index is 1390. The average molecular weight is 523 g/mol. The second kappa shape index (κ2) is 8.30. The molecule has 0 saturated carbocycles. The van der Waals surface area contributed by atoms with Gasteiger partial charge in [-0.25, -0.2) is 0 Å². The molecule has 0 saturated heterocycles. The van der Waals surface area contributed by atoms with E-state index in [4.69, 9.17) is 0 Å². The van der Waals surface area contributed by atoms with Crippen molar-refractivity contribution in [2.75, 3.05) is 0 Å². The lowest BCUT2D eigenvalue weighted by Gasteiger charge is -2.16. The van der Waals surface area contributed by atoms with Crippen molar-refractivity contribution < 1.29 is 0 Å². The molecule has 0 atom stereocenters. The Balaban J connectivity index is 1.88. The first-order valence-corrected chi connectivity index (χ1v) is 15.3. The summed E-state index contributed by atoms with van der Waals surface area (Å²) in [6.45, 7) is 20.8. The fourth-order valence-corrected chi connectivity index (χ4v) is 9.16. The lowest BCUT2D eigenvalue weighted by molar-refractivity contribution is 0.603. The third-order valence-corrected chi connectivity index (χ3v) is 11.9. The van der Waals surface area contributed by atoms with Crippen LogP contribution in [-0.4, -0.2) is 0 Å². The van der Waals surface area contributed by atoms with Crippen molar-refractivity contribution in [1.29, 1.82) is 0 Å². The molecule has 178 valence electrons. The molecular formula is C30H34S4. The second-order valence-corrected chi connectivity index (χ2v) is 16.2. The fourth-order valence-electron chi connectivity index (χ4n) is 4.44. The molecule has 0 aliphatic carbocycles. The van der Waals surface area contributed by atoms with Gasteiger partial charge in [0.1, 0.15) is 0 Å². The third-order valence-electron chi connectivity index (χ3n) is 6.35. The van der Waals surface area contributed by atoms with Gasteiger partial charge in [0.05, 0.1) is 0 Å². The van der Waals surface area contributed by atoms with Crippen molar-refractivity contribution in [2.24, 2.45) is 0 Å². The van der Waals surface area contributed by atoms with Crippen LogP contribution in [0.5, 0.6) is 0 Å². The SMILES string of the molecule is Cc1cc2c(-c3ccc(C(C)(C)C)s3)c3sc(C(C)C)cc3c(-c3ccc(C(C)(C)C)s3)c2s1. The highest BCUT2D eigenvalue weighted by atomic mass is 32.1. The highest BCUT2D eigenvalue weighted by Gasteiger charge is 2.25. The molecule has 0 radical (unpaired) electrons. The summed E-state index contributed by atoms with van der Waals surface area (Å²) in [5, 5.41) is 2.86. The molecule has 0 bridgehead atoms. The zero-order valence-electron chi connectivity index (χ0n) is 21.7. The van der Waals surface area contributed by atoms with Crippen LogP contribution in [0.3, 0.4) is 0 Å². The molecule has 0 fully saturated rings. The zero-order valence-corrected chi connectivity index (χ0v) is 24.9. The van der Waals surface area contributed by atoms with Crippen molar-refractivity contribution in [3.05, 3.63) is 55.9 Å². The molecule has 4 heterocycles. The quantitative estimate of drug-likeness (QED) is 0.221. The first kappa shape index (κ1) is 24.2. The summed E-state index contributed by atoms with van der Waals surface area (Å²) < 4.78 is 2.90. The van der Waals surface area contributed by atoms with Crippen molar-refractivity contribution in [3.8, 4) is 20.9 Å². The summed E-state index contributed by atoms with van der Waals surface area (Å²) in [6, 6.07) is 14.3. The molecule has 0 spiro atoms. The van der Waals surface area contributed by atoms with Crippen molar-refractivity contribution in [3.63, 3.8) is 0 Å². The summed E-state index contributed by atoms with van der Waals surface area (Å²) >= 11 is 7.91. The van der Waals surface area contributed by atoms with Gasteiger partial charge < -0.3 is 0 Å². The summed E-state index contributed by atoms with van der Waals surface area (Å²) in [5.74, 6) is 0.528. The molecule has 5 aromatic rings. The van der Waals surface area contributed by atoms with Crippen LogP contribution in [0.4, 0.5) is 0 Å². The number of benzene rings is 1. The van der Waals surface area contributed by atoms with Gasteiger partial charge in [-0.15, -0.1) is 45.3 Å². The first-order chi connectivity index (χ1) is 15.8. The largest absolute Gasteiger partial charge is 0.140 e. The summed E-state index contributed by atoms with van der Waals surface area (Å²) in [7, 11) is 0. The molecule has 1 aromatic carbocycles. The Morgan fingerprint density at radius 2 is 1.09 bits per heavy atom. The highest BCUT2D eigenvalue weighted by molar-refractivity contribution is 7.23. The number of rotatable bonds is 3. The Labute approximate surface area is 220 Å². The third kappa shape index (κ3) is 4.11. The van der Waals surface area contributed by atoms with Crippen molar-refractivity contribution in [2.45, 2.75) is 79.1 Å². The number of fused-ring (bicyclic) bond motifs is 2. The normalized spacial score (nSPS) is 13.1. The van der Waals surface area contributed by atoms with E-state index in [1.54, 1.807) is 0 Å². The van der Waals surface area contributed by atoms with E-state index in [0.29, 0.717) is 5.92 Å². The molecule has 0 nitrogen and oxygen atoms in total. The van der Waals surface area contributed by atoms with Crippen molar-refractivity contribution >= 4 is 65.5 Å². The van der Waals surface area contributed by atoms with Crippen LogP contribution in [-0.2, 0) is 10.8 Å². The molecule has 0 N–H and O–H groups in total. The van der Waals surface area contributed by atoms with E-state index in [1.807, 2.05) is 45.3 Å². The highest BCUT2D eigenvalue weighted by Crippen LogP contribution is 2.53. The van der Waals surface area contributed by atoms with E-state index in [1.165, 1.54) is 60.6 Å². The molecule has 4 heteroatoms.